The minimum atomic E-state index is -5.63. The van der Waals surface area contributed by atoms with Gasteiger partial charge in [-0.05, 0) is 39.7 Å². The zero-order valence-corrected chi connectivity index (χ0v) is 19.1. The third-order valence-electron chi connectivity index (χ3n) is 4.17. The molecule has 0 aliphatic carbocycles. The van der Waals surface area contributed by atoms with Gasteiger partial charge in [0.1, 0.15) is 17.4 Å². The van der Waals surface area contributed by atoms with Gasteiger partial charge in [-0.1, -0.05) is 30.3 Å². The number of hydrazone groups is 1. The van der Waals surface area contributed by atoms with Crippen molar-refractivity contribution >= 4 is 28.1 Å². The van der Waals surface area contributed by atoms with Gasteiger partial charge < -0.3 is 4.74 Å². The van der Waals surface area contributed by atoms with Crippen molar-refractivity contribution in [3.63, 3.8) is 0 Å². The first kappa shape index (κ1) is 26.7. The molecule has 0 spiro atoms. The highest BCUT2D eigenvalue weighted by Crippen LogP contribution is 2.35. The Morgan fingerprint density at radius 3 is 2.47 bits per heavy atom. The van der Waals surface area contributed by atoms with E-state index in [-0.39, 0.29) is 27.2 Å². The van der Waals surface area contributed by atoms with Gasteiger partial charge in [-0.2, -0.15) is 19.1 Å². The number of benzene rings is 2. The van der Waals surface area contributed by atoms with Crippen LogP contribution in [0, 0.1) is 11.3 Å². The number of aromatic nitrogens is 2. The molecule has 3 rings (SSSR count). The highest BCUT2D eigenvalue weighted by atomic mass is 79.9. The van der Waals surface area contributed by atoms with Crippen LogP contribution in [0.4, 0.5) is 32.3 Å². The third-order valence-corrected chi connectivity index (χ3v) is 4.79. The van der Waals surface area contributed by atoms with Crippen molar-refractivity contribution in [2.24, 2.45) is 5.10 Å². The van der Waals surface area contributed by atoms with Gasteiger partial charge in [-0.3, -0.25) is 9.78 Å². The summed E-state index contributed by atoms with van der Waals surface area (Å²) in [5, 5.41) is 13.1. The van der Waals surface area contributed by atoms with Crippen LogP contribution in [0.5, 0.6) is 5.75 Å². The number of nitriles is 1. The molecule has 0 aliphatic heterocycles. The molecule has 15 heteroatoms. The number of H-pyrrole nitrogens is 1. The lowest BCUT2D eigenvalue weighted by Crippen LogP contribution is -2.41. The summed E-state index contributed by atoms with van der Waals surface area (Å²) in [6.45, 7) is 0. The van der Waals surface area contributed by atoms with Gasteiger partial charge in [0, 0.05) is 5.56 Å². The van der Waals surface area contributed by atoms with Crippen LogP contribution >= 0.6 is 15.9 Å². The van der Waals surface area contributed by atoms with E-state index in [1.54, 1.807) is 36.4 Å². The normalized spacial score (nSPS) is 12.8. The average Bonchev–Trinajstić information content (AvgIpc) is 2.80. The number of alkyl halides is 6. The summed E-state index contributed by atoms with van der Waals surface area (Å²) in [6.07, 6.45) is -13.5. The quantitative estimate of drug-likeness (QED) is 0.213. The number of ether oxygens (including phenoxy) is 2. The smallest absolute Gasteiger partial charge is 0.427 e. The lowest BCUT2D eigenvalue weighted by atomic mass is 10.1. The molecule has 3 aromatic rings. The maximum atomic E-state index is 13.6. The van der Waals surface area contributed by atoms with E-state index in [1.165, 1.54) is 18.3 Å². The molecule has 0 aliphatic rings. The Balaban J connectivity index is 1.74. The van der Waals surface area contributed by atoms with E-state index in [4.69, 9.17) is 0 Å². The lowest BCUT2D eigenvalue weighted by molar-refractivity contribution is -0.411. The molecule has 1 atom stereocenters. The van der Waals surface area contributed by atoms with Crippen LogP contribution in [0.3, 0.4) is 0 Å². The zero-order chi connectivity index (χ0) is 26.5. The molecule has 2 N–H and O–H groups in total. The van der Waals surface area contributed by atoms with Gasteiger partial charge in [-0.15, -0.1) is 13.2 Å². The first-order chi connectivity index (χ1) is 16.9. The van der Waals surface area contributed by atoms with E-state index in [0.29, 0.717) is 5.56 Å². The summed E-state index contributed by atoms with van der Waals surface area (Å²) in [5.74, 6) is -0.782. The van der Waals surface area contributed by atoms with Gasteiger partial charge >= 0.3 is 18.8 Å². The largest absolute Gasteiger partial charge is 0.525 e. The number of hydrogen-bond donors (Lipinski definition) is 2. The van der Waals surface area contributed by atoms with Crippen molar-refractivity contribution in [3.8, 4) is 23.1 Å². The number of nitrogens with zero attached hydrogens (tertiary/aromatic N) is 3. The summed E-state index contributed by atoms with van der Waals surface area (Å²) >= 11 is 2.89. The van der Waals surface area contributed by atoms with Crippen molar-refractivity contribution in [1.82, 2.24) is 9.97 Å². The fourth-order valence-corrected chi connectivity index (χ4v) is 3.14. The molecule has 1 aromatic heterocycles. The average molecular weight is 576 g/mol. The van der Waals surface area contributed by atoms with Crippen LogP contribution in [-0.2, 0) is 4.74 Å². The van der Waals surface area contributed by atoms with E-state index in [2.05, 4.69) is 45.9 Å². The number of aromatic amines is 1. The van der Waals surface area contributed by atoms with Gasteiger partial charge in [0.15, 0.2) is 0 Å². The second-order valence-corrected chi connectivity index (χ2v) is 7.57. The fraction of sp³-hybridized carbons (Fsp3) is 0.143. The van der Waals surface area contributed by atoms with E-state index < -0.39 is 30.1 Å². The van der Waals surface area contributed by atoms with Crippen molar-refractivity contribution < 1.29 is 35.8 Å². The predicted octanol–water partition coefficient (Wildman–Crippen LogP) is 5.32. The summed E-state index contributed by atoms with van der Waals surface area (Å²) in [5.41, 5.74) is 2.44. The van der Waals surface area contributed by atoms with Crippen molar-refractivity contribution in [2.45, 2.75) is 18.8 Å². The van der Waals surface area contributed by atoms with Crippen LogP contribution in [0.1, 0.15) is 11.1 Å². The molecule has 8 nitrogen and oxygen atoms in total. The van der Waals surface area contributed by atoms with Crippen LogP contribution in [-0.4, -0.2) is 35.0 Å². The predicted molar refractivity (Wildman–Crippen MR) is 118 cm³/mol. The van der Waals surface area contributed by atoms with Crippen LogP contribution in [0.25, 0.3) is 11.3 Å². The Kier molecular flexibility index (Phi) is 8.00. The standard InChI is InChI=1S/C21H12BrF6N5O3/c22-14-8-11(6-7-15(14)35-20(24,25)18(23)36-21(26,27)28)10-30-33-19-31-16(12-4-2-1-3-5-12)13(9-29)17(34)32-19/h1-8,10,18H,(H2,31,32,33,34). The molecule has 0 bridgehead atoms. The monoisotopic (exact) mass is 575 g/mol. The maximum absolute atomic E-state index is 13.6. The number of anilines is 1. The summed E-state index contributed by atoms with van der Waals surface area (Å²) < 4.78 is 83.0. The molecule has 2 aromatic carbocycles. The number of hydrogen-bond acceptors (Lipinski definition) is 7. The second-order valence-electron chi connectivity index (χ2n) is 6.72. The Hall–Kier alpha value is -3.90. The highest BCUT2D eigenvalue weighted by molar-refractivity contribution is 9.10. The van der Waals surface area contributed by atoms with Gasteiger partial charge in [-0.25, -0.2) is 19.5 Å². The van der Waals surface area contributed by atoms with Crippen LogP contribution in [0.15, 0.2) is 62.9 Å². The maximum Gasteiger partial charge on any atom is 0.525 e. The topological polar surface area (TPSA) is 112 Å². The van der Waals surface area contributed by atoms with Crippen molar-refractivity contribution in [1.29, 1.82) is 5.26 Å². The summed E-state index contributed by atoms with van der Waals surface area (Å²) in [4.78, 5) is 18.7. The first-order valence-electron chi connectivity index (χ1n) is 9.53. The second kappa shape index (κ2) is 10.8. The zero-order valence-electron chi connectivity index (χ0n) is 17.5. The van der Waals surface area contributed by atoms with Gasteiger partial charge in [0.2, 0.25) is 5.95 Å². The van der Waals surface area contributed by atoms with E-state index in [9.17, 15) is 36.4 Å². The first-order valence-corrected chi connectivity index (χ1v) is 10.3. The van der Waals surface area contributed by atoms with Crippen LogP contribution < -0.4 is 15.7 Å². The molecule has 1 heterocycles. The molecular weight excluding hydrogens is 564 g/mol. The van der Waals surface area contributed by atoms with Gasteiger partial charge in [0.25, 0.3) is 5.56 Å². The highest BCUT2D eigenvalue weighted by Gasteiger charge is 2.50. The molecule has 0 amide bonds. The SMILES string of the molecule is N#Cc1c(-c2ccccc2)nc(NN=Cc2ccc(OC(F)(F)C(F)OC(F)(F)F)c(Br)c2)[nH]c1=O. The minimum Gasteiger partial charge on any atom is -0.427 e. The molecule has 1 unspecified atom stereocenters. The molecule has 188 valence electrons. The minimum absolute atomic E-state index is 0.105. The van der Waals surface area contributed by atoms with E-state index in [1.807, 2.05) is 0 Å². The van der Waals surface area contributed by atoms with E-state index in [0.717, 1.165) is 6.07 Å². The molecule has 0 radical (unpaired) electrons. The number of rotatable bonds is 8. The Labute approximate surface area is 206 Å². The molecule has 0 saturated heterocycles. The van der Waals surface area contributed by atoms with Gasteiger partial charge in [0.05, 0.1) is 16.4 Å². The lowest BCUT2D eigenvalue weighted by Gasteiger charge is -2.22. The molecule has 0 fully saturated rings. The Bertz CT molecular complexity index is 1360. The van der Waals surface area contributed by atoms with Crippen molar-refractivity contribution in [2.75, 3.05) is 5.43 Å². The van der Waals surface area contributed by atoms with E-state index >= 15 is 0 Å². The van der Waals surface area contributed by atoms with Crippen LogP contribution in [0.2, 0.25) is 0 Å². The Morgan fingerprint density at radius 2 is 1.86 bits per heavy atom. The number of halogens is 7. The summed E-state index contributed by atoms with van der Waals surface area (Å²) in [6, 6.07) is 13.5. The molecule has 36 heavy (non-hydrogen) atoms. The Morgan fingerprint density at radius 1 is 1.17 bits per heavy atom. The molecule has 0 saturated carbocycles. The number of nitrogens with one attached hydrogen (secondary N) is 2. The summed E-state index contributed by atoms with van der Waals surface area (Å²) in [7, 11) is 0. The molecular formula is C21H12BrF6N5O3. The third kappa shape index (κ3) is 6.83. The van der Waals surface area contributed by atoms with Crippen molar-refractivity contribution in [3.05, 3.63) is 74.5 Å². The fourth-order valence-electron chi connectivity index (χ4n) is 2.66.